The topological polar surface area (TPSA) is 29.3 Å². The van der Waals surface area contributed by atoms with Crippen LogP contribution >= 0.6 is 0 Å². The van der Waals surface area contributed by atoms with Gasteiger partial charge >= 0.3 is 0 Å². The molecule has 1 atom stereocenters. The van der Waals surface area contributed by atoms with Crippen molar-refractivity contribution in [1.29, 1.82) is 0 Å². The lowest BCUT2D eigenvalue weighted by molar-refractivity contribution is 0.0658. The zero-order chi connectivity index (χ0) is 13.7. The van der Waals surface area contributed by atoms with Gasteiger partial charge in [-0.1, -0.05) is 56.5 Å². The maximum Gasteiger partial charge on any atom is 0.0309 e. The van der Waals surface area contributed by atoms with E-state index >= 15 is 0 Å². The highest BCUT2D eigenvalue weighted by atomic mass is 15.2. The van der Waals surface area contributed by atoms with E-state index in [-0.39, 0.29) is 5.54 Å². The number of benzene rings is 1. The normalized spacial score (nSPS) is 19.2. The molecule has 0 bridgehead atoms. The molecule has 0 amide bonds. The van der Waals surface area contributed by atoms with Crippen molar-refractivity contribution in [2.45, 2.75) is 51.6 Å². The van der Waals surface area contributed by atoms with Gasteiger partial charge in [0.05, 0.1) is 0 Å². The van der Waals surface area contributed by atoms with Crippen LogP contribution < -0.4 is 5.73 Å². The van der Waals surface area contributed by atoms with Crippen LogP contribution in [0.1, 0.15) is 45.1 Å². The lowest BCUT2D eigenvalue weighted by atomic mass is 9.76. The van der Waals surface area contributed by atoms with E-state index in [2.05, 4.69) is 49.1 Å². The Kier molecular flexibility index (Phi) is 5.00. The van der Waals surface area contributed by atoms with Crippen molar-refractivity contribution in [3.63, 3.8) is 0 Å². The molecular weight excluding hydrogens is 232 g/mol. The molecule has 2 rings (SSSR count). The average molecular weight is 260 g/mol. The number of rotatable bonds is 7. The number of likely N-dealkylation sites (N-methyl/N-ethyl adjacent to an activating group) is 1. The Morgan fingerprint density at radius 2 is 1.95 bits per heavy atom. The molecule has 1 aliphatic rings. The first-order valence-corrected chi connectivity index (χ1v) is 7.67. The summed E-state index contributed by atoms with van der Waals surface area (Å²) in [7, 11) is 0. The third kappa shape index (κ3) is 3.58. The first-order chi connectivity index (χ1) is 9.18. The molecule has 0 radical (unpaired) electrons. The van der Waals surface area contributed by atoms with E-state index in [1.807, 2.05) is 0 Å². The maximum atomic E-state index is 6.12. The summed E-state index contributed by atoms with van der Waals surface area (Å²) >= 11 is 0. The molecule has 0 spiro atoms. The summed E-state index contributed by atoms with van der Waals surface area (Å²) < 4.78 is 0. The molecule has 0 heterocycles. The molecule has 0 aromatic heterocycles. The molecule has 1 saturated carbocycles. The predicted molar refractivity (Wildman–Crippen MR) is 81.9 cm³/mol. The van der Waals surface area contributed by atoms with Crippen molar-refractivity contribution in [3.8, 4) is 0 Å². The minimum Gasteiger partial charge on any atom is -0.329 e. The molecule has 1 aliphatic carbocycles. The minimum atomic E-state index is 0.148. The molecule has 106 valence electrons. The second-order valence-corrected chi connectivity index (χ2v) is 6.20. The second-order valence-electron chi connectivity index (χ2n) is 6.20. The van der Waals surface area contributed by atoms with Gasteiger partial charge in [-0.05, 0) is 31.4 Å². The van der Waals surface area contributed by atoms with E-state index in [9.17, 15) is 0 Å². The first-order valence-electron chi connectivity index (χ1n) is 7.67. The summed E-state index contributed by atoms with van der Waals surface area (Å²) in [6.07, 6.45) is 5.47. The molecule has 1 fully saturated rings. The molecule has 19 heavy (non-hydrogen) atoms. The molecule has 1 unspecified atom stereocenters. The predicted octanol–water partition coefficient (Wildman–Crippen LogP) is 3.42. The van der Waals surface area contributed by atoms with Gasteiger partial charge in [0.25, 0.3) is 0 Å². The third-order valence-electron chi connectivity index (χ3n) is 4.75. The first kappa shape index (κ1) is 14.5. The lowest BCUT2D eigenvalue weighted by Crippen LogP contribution is -2.52. The van der Waals surface area contributed by atoms with Crippen LogP contribution in [0.15, 0.2) is 30.3 Å². The quantitative estimate of drug-likeness (QED) is 0.814. The highest BCUT2D eigenvalue weighted by Gasteiger charge is 2.34. The average Bonchev–Trinajstić information content (AvgIpc) is 2.41. The number of nitrogens with two attached hydrogens (primary N) is 1. The smallest absolute Gasteiger partial charge is 0.0309 e. The summed E-state index contributed by atoms with van der Waals surface area (Å²) in [5.74, 6) is 0.901. The van der Waals surface area contributed by atoms with Gasteiger partial charge in [0.1, 0.15) is 0 Å². The maximum absolute atomic E-state index is 6.12. The van der Waals surface area contributed by atoms with Crippen LogP contribution in [0.4, 0.5) is 0 Å². The van der Waals surface area contributed by atoms with E-state index in [4.69, 9.17) is 5.73 Å². The van der Waals surface area contributed by atoms with E-state index in [1.165, 1.54) is 31.2 Å². The van der Waals surface area contributed by atoms with Gasteiger partial charge in [-0.25, -0.2) is 0 Å². The molecule has 0 aliphatic heterocycles. The molecular formula is C17H28N2. The summed E-state index contributed by atoms with van der Waals surface area (Å²) in [5.41, 5.74) is 7.66. The summed E-state index contributed by atoms with van der Waals surface area (Å²) in [6, 6.07) is 10.7. The number of nitrogens with zero attached hydrogens (tertiary/aromatic N) is 1. The van der Waals surface area contributed by atoms with Gasteiger partial charge in [0.15, 0.2) is 0 Å². The minimum absolute atomic E-state index is 0.148. The van der Waals surface area contributed by atoms with Crippen LogP contribution in [0, 0.1) is 5.92 Å². The van der Waals surface area contributed by atoms with Crippen LogP contribution in [-0.2, 0) is 6.54 Å². The van der Waals surface area contributed by atoms with Crippen LogP contribution in [0.5, 0.6) is 0 Å². The third-order valence-corrected chi connectivity index (χ3v) is 4.75. The number of hydrogen-bond donors (Lipinski definition) is 1. The van der Waals surface area contributed by atoms with Gasteiger partial charge in [-0.2, -0.15) is 0 Å². The zero-order valence-corrected chi connectivity index (χ0v) is 12.4. The van der Waals surface area contributed by atoms with E-state index in [0.717, 1.165) is 25.6 Å². The van der Waals surface area contributed by atoms with Gasteiger partial charge in [0.2, 0.25) is 0 Å². The van der Waals surface area contributed by atoms with Crippen molar-refractivity contribution >= 4 is 0 Å². The van der Waals surface area contributed by atoms with Crippen LogP contribution in [0.3, 0.4) is 0 Å². The monoisotopic (exact) mass is 260 g/mol. The van der Waals surface area contributed by atoms with Crippen molar-refractivity contribution in [3.05, 3.63) is 35.9 Å². The van der Waals surface area contributed by atoms with E-state index in [0.29, 0.717) is 0 Å². The Bertz CT molecular complexity index is 372. The highest BCUT2D eigenvalue weighted by molar-refractivity contribution is 5.15. The van der Waals surface area contributed by atoms with Crippen LogP contribution in [0.25, 0.3) is 0 Å². The van der Waals surface area contributed by atoms with Crippen molar-refractivity contribution in [2.24, 2.45) is 11.7 Å². The fourth-order valence-corrected chi connectivity index (χ4v) is 3.15. The molecule has 1 aromatic rings. The Morgan fingerprint density at radius 3 is 2.42 bits per heavy atom. The van der Waals surface area contributed by atoms with Crippen LogP contribution in [0.2, 0.25) is 0 Å². The summed E-state index contributed by atoms with van der Waals surface area (Å²) in [6.45, 7) is 7.42. The zero-order valence-electron chi connectivity index (χ0n) is 12.4. The van der Waals surface area contributed by atoms with Crippen LogP contribution in [-0.4, -0.2) is 23.5 Å². The lowest BCUT2D eigenvalue weighted by Gasteiger charge is -2.44. The van der Waals surface area contributed by atoms with Gasteiger partial charge in [0, 0.05) is 18.6 Å². The SMILES string of the molecule is CCN(Cc1ccccc1)C(C)(CN)CC1CCC1. The Morgan fingerprint density at radius 1 is 1.26 bits per heavy atom. The van der Waals surface area contributed by atoms with Gasteiger partial charge < -0.3 is 5.73 Å². The molecule has 0 saturated heterocycles. The molecule has 2 N–H and O–H groups in total. The Labute approximate surface area is 118 Å². The van der Waals surface area contributed by atoms with Gasteiger partial charge in [-0.15, -0.1) is 0 Å². The molecule has 2 nitrogen and oxygen atoms in total. The Hall–Kier alpha value is -0.860. The molecule has 1 aromatic carbocycles. The summed E-state index contributed by atoms with van der Waals surface area (Å²) in [5, 5.41) is 0. The largest absolute Gasteiger partial charge is 0.329 e. The van der Waals surface area contributed by atoms with Crippen molar-refractivity contribution in [2.75, 3.05) is 13.1 Å². The fourth-order valence-electron chi connectivity index (χ4n) is 3.15. The van der Waals surface area contributed by atoms with Crippen molar-refractivity contribution in [1.82, 2.24) is 4.90 Å². The fraction of sp³-hybridized carbons (Fsp3) is 0.647. The van der Waals surface area contributed by atoms with Crippen molar-refractivity contribution < 1.29 is 0 Å². The Balaban J connectivity index is 2.04. The van der Waals surface area contributed by atoms with E-state index < -0.39 is 0 Å². The highest BCUT2D eigenvalue weighted by Crippen LogP contribution is 2.36. The van der Waals surface area contributed by atoms with E-state index in [1.54, 1.807) is 0 Å². The second kappa shape index (κ2) is 6.53. The summed E-state index contributed by atoms with van der Waals surface area (Å²) in [4.78, 5) is 2.56. The molecule has 2 heteroatoms. The number of hydrogen-bond acceptors (Lipinski definition) is 2. The van der Waals surface area contributed by atoms with Gasteiger partial charge in [-0.3, -0.25) is 4.90 Å². The standard InChI is InChI=1S/C17H28N2/c1-3-19(13-16-8-5-4-6-9-16)17(2,14-18)12-15-10-7-11-15/h4-6,8-9,15H,3,7,10-14,18H2,1-2H3.